The van der Waals surface area contributed by atoms with Crippen LogP contribution in [0, 0.1) is 5.92 Å². The Morgan fingerprint density at radius 3 is 2.00 bits per heavy atom. The minimum absolute atomic E-state index is 0.0975. The van der Waals surface area contributed by atoms with E-state index in [1.807, 2.05) is 60.4 Å². The van der Waals surface area contributed by atoms with E-state index in [2.05, 4.69) is 22.8 Å². The molecule has 1 aliphatic heterocycles. The van der Waals surface area contributed by atoms with Crippen molar-refractivity contribution in [2.75, 3.05) is 32.8 Å². The van der Waals surface area contributed by atoms with Gasteiger partial charge in [-0.25, -0.2) is 4.79 Å². The van der Waals surface area contributed by atoms with Gasteiger partial charge in [-0.15, -0.1) is 0 Å². The van der Waals surface area contributed by atoms with Gasteiger partial charge in [-0.1, -0.05) is 67.6 Å². The lowest BCUT2D eigenvalue weighted by molar-refractivity contribution is -0.142. The second-order valence-electron chi connectivity index (χ2n) is 9.80. The molecule has 1 aliphatic rings. The van der Waals surface area contributed by atoms with Crippen molar-refractivity contribution >= 4 is 17.8 Å². The van der Waals surface area contributed by atoms with Crippen LogP contribution in [0.2, 0.25) is 0 Å². The van der Waals surface area contributed by atoms with Crippen molar-refractivity contribution < 1.29 is 24.2 Å². The summed E-state index contributed by atoms with van der Waals surface area (Å²) in [4.78, 5) is 40.0. The van der Waals surface area contributed by atoms with E-state index in [9.17, 15) is 19.5 Å². The smallest absolute Gasteiger partial charge is 0.326 e. The maximum absolute atomic E-state index is 13.2. The number of amides is 2. The summed E-state index contributed by atoms with van der Waals surface area (Å²) in [7, 11) is 0. The second-order valence-corrected chi connectivity index (χ2v) is 9.80. The molecule has 37 heavy (non-hydrogen) atoms. The highest BCUT2D eigenvalue weighted by Crippen LogP contribution is 2.16. The lowest BCUT2D eigenvalue weighted by atomic mass is 9.94. The van der Waals surface area contributed by atoms with Gasteiger partial charge in [0.2, 0.25) is 11.8 Å². The van der Waals surface area contributed by atoms with Crippen LogP contribution in [0.25, 0.3) is 0 Å². The summed E-state index contributed by atoms with van der Waals surface area (Å²) in [6, 6.07) is 17.9. The number of benzene rings is 2. The van der Waals surface area contributed by atoms with E-state index in [0.29, 0.717) is 45.6 Å². The van der Waals surface area contributed by atoms with E-state index < -0.39 is 24.0 Å². The first kappa shape index (κ1) is 28.3. The van der Waals surface area contributed by atoms with Gasteiger partial charge in [0.1, 0.15) is 12.1 Å². The number of carbonyl (C=O) groups is 3. The minimum Gasteiger partial charge on any atom is -0.480 e. The molecule has 2 unspecified atom stereocenters. The van der Waals surface area contributed by atoms with Crippen molar-refractivity contribution in [1.29, 1.82) is 0 Å². The standard InChI is InChI=1S/C29H39N3O5/c1-22(12-13-23-8-4-2-5-9-23)20-26(29(35)36)31-28(34)25(15-14-24-10-6-3-7-11-24)30-27(33)21-32-16-18-37-19-17-32/h2-11,22,25-26H,12-21H2,1H3,(H,30,33)(H,31,34)(H,35,36)/t22?,25-,26?/m0/s1. The van der Waals surface area contributed by atoms with Crippen LogP contribution in [0.4, 0.5) is 0 Å². The summed E-state index contributed by atoms with van der Waals surface area (Å²) in [5, 5.41) is 15.4. The number of hydrogen-bond donors (Lipinski definition) is 3. The van der Waals surface area contributed by atoms with Crippen molar-refractivity contribution in [3.63, 3.8) is 0 Å². The van der Waals surface area contributed by atoms with Crippen LogP contribution in [0.15, 0.2) is 60.7 Å². The second kappa shape index (κ2) is 15.1. The van der Waals surface area contributed by atoms with Crippen molar-refractivity contribution in [3.05, 3.63) is 71.8 Å². The van der Waals surface area contributed by atoms with E-state index in [0.717, 1.165) is 18.4 Å². The largest absolute Gasteiger partial charge is 0.480 e. The van der Waals surface area contributed by atoms with Crippen molar-refractivity contribution in [1.82, 2.24) is 15.5 Å². The summed E-state index contributed by atoms with van der Waals surface area (Å²) in [5.41, 5.74) is 2.25. The summed E-state index contributed by atoms with van der Waals surface area (Å²) >= 11 is 0. The number of nitrogens with zero attached hydrogens (tertiary/aromatic N) is 1. The fourth-order valence-electron chi connectivity index (χ4n) is 4.50. The predicted octanol–water partition coefficient (Wildman–Crippen LogP) is 2.66. The molecule has 2 aromatic carbocycles. The number of morpholine rings is 1. The monoisotopic (exact) mass is 509 g/mol. The number of ether oxygens (including phenoxy) is 1. The molecule has 0 saturated carbocycles. The van der Waals surface area contributed by atoms with E-state index in [1.165, 1.54) is 5.56 Å². The number of carboxylic acids is 1. The lowest BCUT2D eigenvalue weighted by Gasteiger charge is -2.27. The van der Waals surface area contributed by atoms with Gasteiger partial charge in [0.15, 0.2) is 0 Å². The molecular formula is C29H39N3O5. The Bertz CT molecular complexity index is 980. The Morgan fingerprint density at radius 1 is 0.865 bits per heavy atom. The Balaban J connectivity index is 1.59. The molecule has 3 atom stereocenters. The first-order valence-electron chi connectivity index (χ1n) is 13.1. The maximum atomic E-state index is 13.2. The first-order chi connectivity index (χ1) is 17.9. The number of carbonyl (C=O) groups excluding carboxylic acids is 2. The number of hydrogen-bond acceptors (Lipinski definition) is 5. The summed E-state index contributed by atoms with van der Waals surface area (Å²) in [6.07, 6.45) is 2.95. The number of aryl methyl sites for hydroxylation is 2. The molecule has 0 aliphatic carbocycles. The van der Waals surface area contributed by atoms with Crippen LogP contribution < -0.4 is 10.6 Å². The van der Waals surface area contributed by atoms with E-state index in [-0.39, 0.29) is 18.4 Å². The number of nitrogens with one attached hydrogen (secondary N) is 2. The molecule has 3 N–H and O–H groups in total. The quantitative estimate of drug-likeness (QED) is 0.361. The molecule has 200 valence electrons. The normalized spacial score (nSPS) is 16.4. The van der Waals surface area contributed by atoms with Gasteiger partial charge in [-0.2, -0.15) is 0 Å². The Hall–Kier alpha value is -3.23. The molecule has 0 aromatic heterocycles. The first-order valence-corrected chi connectivity index (χ1v) is 13.1. The third-order valence-electron chi connectivity index (χ3n) is 6.71. The van der Waals surface area contributed by atoms with Crippen LogP contribution in [-0.4, -0.2) is 72.7 Å². The summed E-state index contributed by atoms with van der Waals surface area (Å²) < 4.78 is 5.34. The van der Waals surface area contributed by atoms with Gasteiger partial charge in [0.25, 0.3) is 0 Å². The predicted molar refractivity (Wildman–Crippen MR) is 142 cm³/mol. The van der Waals surface area contributed by atoms with Crippen molar-refractivity contribution in [3.8, 4) is 0 Å². The molecule has 2 aromatic rings. The molecule has 1 fully saturated rings. The highest BCUT2D eigenvalue weighted by atomic mass is 16.5. The van der Waals surface area contributed by atoms with Gasteiger partial charge in [0.05, 0.1) is 19.8 Å². The third-order valence-corrected chi connectivity index (χ3v) is 6.71. The maximum Gasteiger partial charge on any atom is 0.326 e. The molecule has 1 saturated heterocycles. The Labute approximate surface area is 219 Å². The molecule has 2 amide bonds. The third kappa shape index (κ3) is 10.3. The summed E-state index contributed by atoms with van der Waals surface area (Å²) in [5.74, 6) is -1.69. The summed E-state index contributed by atoms with van der Waals surface area (Å²) in [6.45, 7) is 4.66. The van der Waals surface area contributed by atoms with Gasteiger partial charge in [-0.05, 0) is 49.1 Å². The average molecular weight is 510 g/mol. The zero-order valence-corrected chi connectivity index (χ0v) is 21.6. The average Bonchev–Trinajstić information content (AvgIpc) is 2.91. The van der Waals surface area contributed by atoms with Gasteiger partial charge < -0.3 is 20.5 Å². The molecule has 0 spiro atoms. The highest BCUT2D eigenvalue weighted by molar-refractivity contribution is 5.90. The topological polar surface area (TPSA) is 108 Å². The molecule has 1 heterocycles. The molecule has 8 heteroatoms. The Kier molecular flexibility index (Phi) is 11.6. The van der Waals surface area contributed by atoms with Crippen LogP contribution in [0.1, 0.15) is 37.3 Å². The molecule has 0 radical (unpaired) electrons. The van der Waals surface area contributed by atoms with E-state index >= 15 is 0 Å². The molecule has 0 bridgehead atoms. The van der Waals surface area contributed by atoms with Gasteiger partial charge in [0, 0.05) is 13.1 Å². The fourth-order valence-corrected chi connectivity index (χ4v) is 4.50. The van der Waals surface area contributed by atoms with Gasteiger partial charge in [-0.3, -0.25) is 14.5 Å². The zero-order chi connectivity index (χ0) is 26.5. The van der Waals surface area contributed by atoms with Crippen molar-refractivity contribution in [2.45, 2.75) is 51.1 Å². The molecule has 8 nitrogen and oxygen atoms in total. The zero-order valence-electron chi connectivity index (χ0n) is 21.6. The van der Waals surface area contributed by atoms with Gasteiger partial charge >= 0.3 is 5.97 Å². The Morgan fingerprint density at radius 2 is 1.43 bits per heavy atom. The number of carboxylic acid groups (broad SMARTS) is 1. The van der Waals surface area contributed by atoms with Crippen LogP contribution >= 0.6 is 0 Å². The van der Waals surface area contributed by atoms with E-state index in [4.69, 9.17) is 4.74 Å². The van der Waals surface area contributed by atoms with Crippen LogP contribution in [0.5, 0.6) is 0 Å². The SMILES string of the molecule is CC(CCc1ccccc1)CC(NC(=O)[C@H](CCc1ccccc1)NC(=O)CN1CCOCC1)C(=O)O. The van der Waals surface area contributed by atoms with Crippen LogP contribution in [-0.2, 0) is 32.0 Å². The number of rotatable bonds is 14. The highest BCUT2D eigenvalue weighted by Gasteiger charge is 2.28. The number of aliphatic carboxylic acids is 1. The van der Waals surface area contributed by atoms with Crippen molar-refractivity contribution in [2.24, 2.45) is 5.92 Å². The molecule has 3 rings (SSSR count). The van der Waals surface area contributed by atoms with Crippen LogP contribution in [0.3, 0.4) is 0 Å². The fraction of sp³-hybridized carbons (Fsp3) is 0.483. The van der Waals surface area contributed by atoms with E-state index in [1.54, 1.807) is 0 Å². The molecular weight excluding hydrogens is 470 g/mol. The minimum atomic E-state index is -1.07. The lowest BCUT2D eigenvalue weighted by Crippen LogP contribution is -2.54.